The lowest BCUT2D eigenvalue weighted by molar-refractivity contribution is 0.350. The Labute approximate surface area is 123 Å². The number of nitrogens with one attached hydrogen (secondary N) is 1. The molecule has 1 fully saturated rings. The lowest BCUT2D eigenvalue weighted by Gasteiger charge is -2.29. The molecule has 1 aromatic heterocycles. The summed E-state index contributed by atoms with van der Waals surface area (Å²) in [5.74, 6) is 0. The van der Waals surface area contributed by atoms with Gasteiger partial charge in [0.05, 0.1) is 16.4 Å². The largest absolute Gasteiger partial charge is 0.381 e. The Kier molecular flexibility index (Phi) is 3.38. The molecule has 5 nitrogen and oxygen atoms in total. The van der Waals surface area contributed by atoms with Crippen molar-refractivity contribution in [3.05, 3.63) is 29.5 Å². The van der Waals surface area contributed by atoms with E-state index in [1.165, 1.54) is 19.3 Å². The maximum atomic E-state index is 6.31. The third kappa shape index (κ3) is 2.50. The predicted molar refractivity (Wildman–Crippen MR) is 79.2 cm³/mol. The van der Waals surface area contributed by atoms with Crippen molar-refractivity contribution in [2.24, 2.45) is 5.41 Å². The van der Waals surface area contributed by atoms with Gasteiger partial charge in [-0.15, -0.1) is 5.10 Å². The van der Waals surface area contributed by atoms with Gasteiger partial charge in [0.2, 0.25) is 0 Å². The van der Waals surface area contributed by atoms with Crippen molar-refractivity contribution in [3.8, 4) is 5.69 Å². The molecule has 106 valence electrons. The minimum atomic E-state index is 0.300. The lowest BCUT2D eigenvalue weighted by Crippen LogP contribution is -2.30. The topological polar surface area (TPSA) is 55.6 Å². The van der Waals surface area contributed by atoms with Gasteiger partial charge in [0.1, 0.15) is 6.33 Å². The first-order valence-electron chi connectivity index (χ1n) is 6.86. The smallest absolute Gasteiger partial charge is 0.143 e. The van der Waals surface area contributed by atoms with Gasteiger partial charge in [0.25, 0.3) is 0 Å². The Bertz CT molecular complexity index is 594. The molecule has 1 heterocycles. The van der Waals surface area contributed by atoms with Crippen LogP contribution in [0.25, 0.3) is 5.69 Å². The molecule has 0 amide bonds. The van der Waals surface area contributed by atoms with Gasteiger partial charge in [-0.1, -0.05) is 31.9 Å². The van der Waals surface area contributed by atoms with E-state index in [-0.39, 0.29) is 0 Å². The summed E-state index contributed by atoms with van der Waals surface area (Å²) in [6.45, 7) is 4.60. The molecule has 0 spiro atoms. The van der Waals surface area contributed by atoms with Gasteiger partial charge < -0.3 is 5.32 Å². The number of nitrogens with zero attached hydrogens (tertiary/aromatic N) is 4. The summed E-state index contributed by atoms with van der Waals surface area (Å²) in [4.78, 5) is 0. The van der Waals surface area contributed by atoms with Crippen molar-refractivity contribution in [3.63, 3.8) is 0 Å². The fourth-order valence-electron chi connectivity index (χ4n) is 2.83. The second-order valence-corrected chi connectivity index (χ2v) is 6.40. The van der Waals surface area contributed by atoms with Gasteiger partial charge in [-0.25, -0.2) is 4.68 Å². The van der Waals surface area contributed by atoms with Crippen LogP contribution in [0.4, 0.5) is 5.69 Å². The molecule has 1 N–H and O–H groups in total. The lowest BCUT2D eigenvalue weighted by atomic mass is 9.87. The molecule has 0 saturated heterocycles. The van der Waals surface area contributed by atoms with E-state index < -0.39 is 0 Å². The van der Waals surface area contributed by atoms with Crippen LogP contribution in [0.2, 0.25) is 5.02 Å². The molecule has 1 unspecified atom stereocenters. The second-order valence-electron chi connectivity index (χ2n) is 6.00. The van der Waals surface area contributed by atoms with Gasteiger partial charge >= 0.3 is 0 Å². The summed E-state index contributed by atoms with van der Waals surface area (Å²) in [5.41, 5.74) is 2.14. The first kappa shape index (κ1) is 13.4. The number of benzene rings is 1. The first-order chi connectivity index (χ1) is 9.56. The van der Waals surface area contributed by atoms with Crippen molar-refractivity contribution in [2.75, 3.05) is 5.32 Å². The predicted octanol–water partition coefficient (Wildman–Crippen LogP) is 3.31. The Morgan fingerprint density at radius 1 is 1.40 bits per heavy atom. The number of halogens is 1. The van der Waals surface area contributed by atoms with E-state index >= 15 is 0 Å². The van der Waals surface area contributed by atoms with E-state index in [0.717, 1.165) is 16.4 Å². The highest BCUT2D eigenvalue weighted by atomic mass is 35.5. The zero-order valence-corrected chi connectivity index (χ0v) is 12.4. The van der Waals surface area contributed by atoms with E-state index in [2.05, 4.69) is 34.7 Å². The maximum absolute atomic E-state index is 6.31. The average molecular weight is 292 g/mol. The number of anilines is 1. The summed E-state index contributed by atoms with van der Waals surface area (Å²) < 4.78 is 1.63. The highest BCUT2D eigenvalue weighted by molar-refractivity contribution is 6.33. The molecular formula is C14H18ClN5. The highest BCUT2D eigenvalue weighted by Gasteiger charge is 2.34. The SMILES string of the molecule is CC1(C)CCCC1Nc1cc(-n2cnnn2)ccc1Cl. The van der Waals surface area contributed by atoms with Gasteiger partial charge in [0, 0.05) is 6.04 Å². The van der Waals surface area contributed by atoms with Crippen LogP contribution in [0.5, 0.6) is 0 Å². The van der Waals surface area contributed by atoms with Crippen LogP contribution in [-0.2, 0) is 0 Å². The normalized spacial score (nSPS) is 21.1. The van der Waals surface area contributed by atoms with Crippen LogP contribution in [0.3, 0.4) is 0 Å². The Hall–Kier alpha value is -1.62. The second kappa shape index (κ2) is 5.05. The molecule has 1 aromatic carbocycles. The summed E-state index contributed by atoms with van der Waals surface area (Å²) in [5, 5.41) is 15.5. The van der Waals surface area contributed by atoms with Crippen LogP contribution in [-0.4, -0.2) is 26.2 Å². The number of rotatable bonds is 3. The molecule has 1 aliphatic carbocycles. The van der Waals surface area contributed by atoms with E-state index in [1.54, 1.807) is 11.0 Å². The fraction of sp³-hybridized carbons (Fsp3) is 0.500. The Morgan fingerprint density at radius 3 is 2.90 bits per heavy atom. The van der Waals surface area contributed by atoms with Crippen molar-refractivity contribution in [1.82, 2.24) is 20.2 Å². The molecule has 0 radical (unpaired) electrons. The third-order valence-electron chi connectivity index (χ3n) is 4.15. The monoisotopic (exact) mass is 291 g/mol. The van der Waals surface area contributed by atoms with Crippen LogP contribution in [0, 0.1) is 5.41 Å². The number of aromatic nitrogens is 4. The van der Waals surface area contributed by atoms with Gasteiger partial charge in [-0.3, -0.25) is 0 Å². The molecule has 2 aromatic rings. The fourth-order valence-corrected chi connectivity index (χ4v) is 3.00. The summed E-state index contributed by atoms with van der Waals surface area (Å²) in [6.07, 6.45) is 5.26. The molecule has 0 bridgehead atoms. The van der Waals surface area contributed by atoms with Crippen LogP contribution < -0.4 is 5.32 Å². The summed E-state index contributed by atoms with van der Waals surface area (Å²) in [6, 6.07) is 6.23. The molecule has 1 saturated carbocycles. The van der Waals surface area contributed by atoms with Crippen LogP contribution in [0.1, 0.15) is 33.1 Å². The number of tetrazole rings is 1. The maximum Gasteiger partial charge on any atom is 0.143 e. The molecule has 6 heteroatoms. The summed E-state index contributed by atoms with van der Waals surface area (Å²) in [7, 11) is 0. The van der Waals surface area contributed by atoms with Crippen LogP contribution in [0.15, 0.2) is 24.5 Å². The zero-order valence-electron chi connectivity index (χ0n) is 11.7. The van der Waals surface area contributed by atoms with Crippen LogP contribution >= 0.6 is 11.6 Å². The summed E-state index contributed by atoms with van der Waals surface area (Å²) >= 11 is 6.31. The van der Waals surface area contributed by atoms with E-state index in [4.69, 9.17) is 11.6 Å². The molecular weight excluding hydrogens is 274 g/mol. The Morgan fingerprint density at radius 2 is 2.25 bits per heavy atom. The minimum absolute atomic E-state index is 0.300. The van der Waals surface area contributed by atoms with Gasteiger partial charge in [-0.2, -0.15) is 0 Å². The van der Waals surface area contributed by atoms with Gasteiger partial charge in [-0.05, 0) is 46.9 Å². The van der Waals surface area contributed by atoms with Crippen molar-refractivity contribution < 1.29 is 0 Å². The number of hydrogen-bond donors (Lipinski definition) is 1. The van der Waals surface area contributed by atoms with Crippen molar-refractivity contribution >= 4 is 17.3 Å². The quantitative estimate of drug-likeness (QED) is 0.942. The van der Waals surface area contributed by atoms with E-state index in [1.807, 2.05) is 18.2 Å². The molecule has 20 heavy (non-hydrogen) atoms. The molecule has 3 rings (SSSR count). The highest BCUT2D eigenvalue weighted by Crippen LogP contribution is 2.40. The minimum Gasteiger partial charge on any atom is -0.381 e. The zero-order chi connectivity index (χ0) is 14.2. The molecule has 1 atom stereocenters. The molecule has 1 aliphatic rings. The Balaban J connectivity index is 1.88. The van der Waals surface area contributed by atoms with Crippen molar-refractivity contribution in [2.45, 2.75) is 39.2 Å². The molecule has 0 aliphatic heterocycles. The number of hydrogen-bond acceptors (Lipinski definition) is 4. The standard InChI is InChI=1S/C14H18ClN5/c1-14(2)7-3-4-13(14)17-12-8-10(5-6-11(12)15)20-9-16-18-19-20/h5-6,8-9,13,17H,3-4,7H2,1-2H3. The van der Waals surface area contributed by atoms with E-state index in [0.29, 0.717) is 11.5 Å². The third-order valence-corrected chi connectivity index (χ3v) is 4.48. The first-order valence-corrected chi connectivity index (χ1v) is 7.23. The van der Waals surface area contributed by atoms with Gasteiger partial charge in [0.15, 0.2) is 0 Å². The van der Waals surface area contributed by atoms with Crippen molar-refractivity contribution in [1.29, 1.82) is 0 Å². The average Bonchev–Trinajstić information content (AvgIpc) is 3.03. The van der Waals surface area contributed by atoms with E-state index in [9.17, 15) is 0 Å².